The topological polar surface area (TPSA) is 96.5 Å². The van der Waals surface area contributed by atoms with Crippen LogP contribution in [-0.4, -0.2) is 89.3 Å². The summed E-state index contributed by atoms with van der Waals surface area (Å²) < 4.78 is 54.9. The maximum Gasteiger partial charge on any atom is 0.410 e. The number of fused-ring (bicyclic) bond motifs is 2. The Morgan fingerprint density at radius 2 is 1.72 bits per heavy atom. The van der Waals surface area contributed by atoms with E-state index in [9.17, 15) is 22.4 Å². The van der Waals surface area contributed by atoms with Gasteiger partial charge in [0, 0.05) is 26.1 Å². The standard InChI is InChI=1S/C35H42FN3O6S/c1-34(2,3)45-33(41)37-20-21-39(46(42,43)35(4)17-8-5-9-18-35)28-22-30(44-23-29(28)37)32(40)38-19-16-24-10-6-7-11-27(24)31(38)25-12-14-26(36)15-13-25/h5-15,17,28-31H,16,18-23H2,1-4H3/t28-,29-,30+,31-,35?/m0/s1. The minimum Gasteiger partial charge on any atom is -0.444 e. The van der Waals surface area contributed by atoms with Gasteiger partial charge in [0.25, 0.3) is 5.91 Å². The highest BCUT2D eigenvalue weighted by Gasteiger charge is 2.53. The minimum absolute atomic E-state index is 0.0234. The Morgan fingerprint density at radius 3 is 2.41 bits per heavy atom. The SMILES string of the molecule is CC(C)(C)OC(=O)N1CCN(S(=O)(=O)C2(C)C=CC=CC2)[C@H]2C[C@H](C(=O)N3CCc4ccccc4[C@@H]3c3ccc(F)cc3)OC[C@@H]21. The van der Waals surface area contributed by atoms with E-state index in [0.29, 0.717) is 19.4 Å². The molecule has 2 fully saturated rings. The van der Waals surface area contributed by atoms with Gasteiger partial charge in [-0.1, -0.05) is 60.7 Å². The first kappa shape index (κ1) is 32.4. The van der Waals surface area contributed by atoms with Crippen LogP contribution in [0.3, 0.4) is 0 Å². The van der Waals surface area contributed by atoms with Gasteiger partial charge in [-0.15, -0.1) is 0 Å². The fourth-order valence-electron chi connectivity index (χ4n) is 7.09. The van der Waals surface area contributed by atoms with Crippen LogP contribution in [0.25, 0.3) is 0 Å². The van der Waals surface area contributed by atoms with Gasteiger partial charge in [0.15, 0.2) is 0 Å². The number of rotatable bonds is 4. The highest BCUT2D eigenvalue weighted by molar-refractivity contribution is 7.90. The number of sulfonamides is 1. The molecule has 5 atom stereocenters. The number of benzene rings is 2. The molecule has 3 heterocycles. The minimum atomic E-state index is -3.91. The Hall–Kier alpha value is -3.54. The number of ether oxygens (including phenoxy) is 2. The van der Waals surface area contributed by atoms with Gasteiger partial charge in [0.1, 0.15) is 22.3 Å². The fourth-order valence-corrected chi connectivity index (χ4v) is 9.09. The summed E-state index contributed by atoms with van der Waals surface area (Å²) in [5.41, 5.74) is 2.12. The summed E-state index contributed by atoms with van der Waals surface area (Å²) in [6, 6.07) is 12.3. The van der Waals surface area contributed by atoms with Gasteiger partial charge in [-0.25, -0.2) is 17.6 Å². The number of allylic oxidation sites excluding steroid dienone is 3. The lowest BCUT2D eigenvalue weighted by atomic mass is 9.87. The summed E-state index contributed by atoms with van der Waals surface area (Å²) in [6.07, 6.45) is 6.68. The first-order chi connectivity index (χ1) is 21.8. The highest BCUT2D eigenvalue weighted by atomic mass is 32.2. The first-order valence-electron chi connectivity index (χ1n) is 15.9. The van der Waals surface area contributed by atoms with Gasteiger partial charge < -0.3 is 14.4 Å². The number of carbonyl (C=O) groups is 2. The smallest absolute Gasteiger partial charge is 0.410 e. The third-order valence-electron chi connectivity index (χ3n) is 9.47. The van der Waals surface area contributed by atoms with Gasteiger partial charge in [0.2, 0.25) is 10.0 Å². The molecule has 11 heteroatoms. The molecule has 6 rings (SSSR count). The maximum absolute atomic E-state index is 14.4. The van der Waals surface area contributed by atoms with E-state index in [4.69, 9.17) is 9.47 Å². The average Bonchev–Trinajstić information content (AvgIpc) is 3.03. The molecule has 246 valence electrons. The van der Waals surface area contributed by atoms with Crippen LogP contribution in [0.2, 0.25) is 0 Å². The summed E-state index contributed by atoms with van der Waals surface area (Å²) in [5, 5.41) is 0. The van der Waals surface area contributed by atoms with Gasteiger partial charge in [-0.3, -0.25) is 9.69 Å². The number of nitrogens with zero attached hydrogens (tertiary/aromatic N) is 3. The van der Waals surface area contributed by atoms with E-state index in [1.807, 2.05) is 36.4 Å². The van der Waals surface area contributed by atoms with Crippen molar-refractivity contribution in [1.29, 1.82) is 0 Å². The lowest BCUT2D eigenvalue weighted by Crippen LogP contribution is -2.69. The van der Waals surface area contributed by atoms with E-state index < -0.39 is 50.7 Å². The largest absolute Gasteiger partial charge is 0.444 e. The first-order valence-corrected chi connectivity index (χ1v) is 17.3. The molecule has 0 bridgehead atoms. The van der Waals surface area contributed by atoms with E-state index in [-0.39, 0.29) is 37.8 Å². The van der Waals surface area contributed by atoms with Crippen molar-refractivity contribution in [3.63, 3.8) is 0 Å². The van der Waals surface area contributed by atoms with E-state index in [1.165, 1.54) is 16.4 Å². The van der Waals surface area contributed by atoms with Crippen molar-refractivity contribution >= 4 is 22.0 Å². The van der Waals surface area contributed by atoms with Crippen molar-refractivity contribution in [3.8, 4) is 0 Å². The second-order valence-corrected chi connectivity index (χ2v) is 16.1. The van der Waals surface area contributed by atoms with E-state index in [1.54, 1.807) is 61.8 Å². The molecule has 9 nitrogen and oxygen atoms in total. The van der Waals surface area contributed by atoms with Crippen molar-refractivity contribution < 1.29 is 31.9 Å². The van der Waals surface area contributed by atoms with Gasteiger partial charge in [-0.2, -0.15) is 4.31 Å². The summed E-state index contributed by atoms with van der Waals surface area (Å²) in [5.74, 6) is -0.627. The molecule has 0 saturated carbocycles. The van der Waals surface area contributed by atoms with E-state index in [0.717, 1.165) is 16.7 Å². The summed E-state index contributed by atoms with van der Waals surface area (Å²) in [4.78, 5) is 31.1. The molecule has 1 unspecified atom stereocenters. The summed E-state index contributed by atoms with van der Waals surface area (Å²) in [7, 11) is -3.91. The number of amides is 2. The zero-order chi connectivity index (χ0) is 32.9. The zero-order valence-electron chi connectivity index (χ0n) is 26.8. The molecule has 3 aliphatic heterocycles. The lowest BCUT2D eigenvalue weighted by Gasteiger charge is -2.52. The molecule has 2 amide bonds. The Balaban J connectivity index is 1.33. The lowest BCUT2D eigenvalue weighted by molar-refractivity contribution is -0.156. The van der Waals surface area contributed by atoms with E-state index >= 15 is 0 Å². The summed E-state index contributed by atoms with van der Waals surface area (Å²) in [6.45, 7) is 7.68. The molecule has 0 spiro atoms. The molecule has 4 aliphatic rings. The quantitative estimate of drug-likeness (QED) is 0.463. The van der Waals surface area contributed by atoms with Gasteiger partial charge in [0.05, 0.1) is 24.7 Å². The summed E-state index contributed by atoms with van der Waals surface area (Å²) >= 11 is 0. The number of piperazine rings is 1. The van der Waals surface area contributed by atoms with Crippen LogP contribution in [0.4, 0.5) is 9.18 Å². The Kier molecular flexibility index (Phi) is 8.62. The van der Waals surface area contributed by atoms with Crippen molar-refractivity contribution in [2.75, 3.05) is 26.2 Å². The Labute approximate surface area is 270 Å². The molecule has 0 radical (unpaired) electrons. The molecular formula is C35H42FN3O6S. The van der Waals surface area contributed by atoms with Crippen LogP contribution in [0.1, 0.15) is 63.3 Å². The molecule has 2 aromatic rings. The third-order valence-corrected chi connectivity index (χ3v) is 12.0. The molecule has 0 N–H and O–H groups in total. The number of hydrogen-bond donors (Lipinski definition) is 0. The molecule has 2 saturated heterocycles. The molecule has 1 aliphatic carbocycles. The molecule has 0 aromatic heterocycles. The van der Waals surface area contributed by atoms with Gasteiger partial charge >= 0.3 is 6.09 Å². The highest BCUT2D eigenvalue weighted by Crippen LogP contribution is 2.40. The fraction of sp³-hybridized carbons (Fsp3) is 0.486. The van der Waals surface area contributed by atoms with Crippen LogP contribution in [0.15, 0.2) is 72.8 Å². The van der Waals surface area contributed by atoms with Crippen LogP contribution < -0.4 is 0 Å². The predicted octanol–water partition coefficient (Wildman–Crippen LogP) is 4.98. The van der Waals surface area contributed by atoms with Crippen LogP contribution in [0, 0.1) is 5.82 Å². The third kappa shape index (κ3) is 6.00. The molecule has 46 heavy (non-hydrogen) atoms. The van der Waals surface area contributed by atoms with E-state index in [2.05, 4.69) is 0 Å². The zero-order valence-corrected chi connectivity index (χ0v) is 27.6. The van der Waals surface area contributed by atoms with Gasteiger partial charge in [-0.05, 0) is 69.4 Å². The van der Waals surface area contributed by atoms with Crippen molar-refractivity contribution in [2.24, 2.45) is 0 Å². The average molecular weight is 652 g/mol. The number of hydrogen-bond acceptors (Lipinski definition) is 6. The van der Waals surface area contributed by atoms with Crippen molar-refractivity contribution in [1.82, 2.24) is 14.1 Å². The normalized spacial score (nSPS) is 28.4. The van der Waals surface area contributed by atoms with Crippen LogP contribution in [0.5, 0.6) is 0 Å². The number of carbonyl (C=O) groups excluding carboxylic acids is 2. The second-order valence-electron chi connectivity index (χ2n) is 13.7. The van der Waals surface area contributed by atoms with Crippen molar-refractivity contribution in [2.45, 2.75) is 81.5 Å². The monoisotopic (exact) mass is 651 g/mol. The Morgan fingerprint density at radius 1 is 0.978 bits per heavy atom. The van der Waals surface area contributed by atoms with Crippen LogP contribution >= 0.6 is 0 Å². The number of halogens is 1. The van der Waals surface area contributed by atoms with Crippen LogP contribution in [-0.2, 0) is 30.7 Å². The molecular weight excluding hydrogens is 609 g/mol. The predicted molar refractivity (Wildman–Crippen MR) is 172 cm³/mol. The maximum atomic E-state index is 14.4. The second kappa shape index (κ2) is 12.2. The molecule has 2 aromatic carbocycles. The Bertz CT molecular complexity index is 1650. The van der Waals surface area contributed by atoms with Crippen molar-refractivity contribution in [3.05, 3.63) is 95.3 Å².